The highest BCUT2D eigenvalue weighted by atomic mass is 32.2. The van der Waals surface area contributed by atoms with Gasteiger partial charge in [0.1, 0.15) is 4.91 Å². The van der Waals surface area contributed by atoms with Crippen molar-refractivity contribution in [3.63, 3.8) is 0 Å². The third-order valence-electron chi connectivity index (χ3n) is 3.25. The molecule has 1 aliphatic rings. The van der Waals surface area contributed by atoms with Gasteiger partial charge in [0.05, 0.1) is 12.2 Å². The fraction of sp³-hybridized carbons (Fsp3) is 0.0625. The molecule has 2 aromatic rings. The molecule has 112 valence electrons. The van der Waals surface area contributed by atoms with Gasteiger partial charge in [-0.15, -0.1) is 0 Å². The zero-order chi connectivity index (χ0) is 15.7. The number of hydrogen-bond donors (Lipinski definition) is 1. The lowest BCUT2D eigenvalue weighted by molar-refractivity contribution is -0.131. The summed E-state index contributed by atoms with van der Waals surface area (Å²) in [5.41, 5.74) is 0.934. The van der Waals surface area contributed by atoms with Crippen LogP contribution < -0.4 is 4.90 Å². The largest absolute Gasteiger partial charge is 0.477 e. The van der Waals surface area contributed by atoms with Crippen molar-refractivity contribution in [2.24, 2.45) is 0 Å². The molecular weight excluding hydrogens is 308 g/mol. The van der Waals surface area contributed by atoms with Crippen LogP contribution in [0.5, 0.6) is 0 Å². The maximum absolute atomic E-state index is 13.8. The summed E-state index contributed by atoms with van der Waals surface area (Å²) < 4.78 is 27.2. The van der Waals surface area contributed by atoms with Gasteiger partial charge in [-0.2, -0.15) is 0 Å². The molecule has 0 unspecified atom stereocenters. The number of anilines is 1. The third-order valence-corrected chi connectivity index (χ3v) is 4.32. The molecule has 6 heteroatoms. The molecule has 0 aromatic heterocycles. The minimum Gasteiger partial charge on any atom is -0.477 e. The van der Waals surface area contributed by atoms with Crippen molar-refractivity contribution in [1.29, 1.82) is 0 Å². The lowest BCUT2D eigenvalue weighted by Crippen LogP contribution is -2.21. The molecule has 0 saturated carbocycles. The second kappa shape index (κ2) is 5.81. The fourth-order valence-electron chi connectivity index (χ4n) is 2.22. The van der Waals surface area contributed by atoms with Crippen molar-refractivity contribution in [2.75, 3.05) is 4.90 Å². The van der Waals surface area contributed by atoms with Crippen molar-refractivity contribution in [1.82, 2.24) is 0 Å². The Kier molecular flexibility index (Phi) is 3.85. The monoisotopic (exact) mass is 319 g/mol. The van der Waals surface area contributed by atoms with Crippen LogP contribution >= 0.6 is 11.8 Å². The third kappa shape index (κ3) is 2.69. The van der Waals surface area contributed by atoms with Crippen LogP contribution in [-0.2, 0) is 11.3 Å². The van der Waals surface area contributed by atoms with E-state index in [1.807, 2.05) is 12.1 Å². The zero-order valence-corrected chi connectivity index (χ0v) is 12.1. The Bertz CT molecular complexity index is 776. The summed E-state index contributed by atoms with van der Waals surface area (Å²) in [5, 5.41) is 9.20. The van der Waals surface area contributed by atoms with Gasteiger partial charge in [-0.25, -0.2) is 13.6 Å². The highest BCUT2D eigenvalue weighted by Gasteiger charge is 2.23. The van der Waals surface area contributed by atoms with E-state index >= 15 is 0 Å². The Morgan fingerprint density at radius 3 is 2.68 bits per heavy atom. The predicted octanol–water partition coefficient (Wildman–Crippen LogP) is 4.00. The first-order chi connectivity index (χ1) is 10.6. The number of benzene rings is 2. The van der Waals surface area contributed by atoms with Crippen molar-refractivity contribution in [3.8, 4) is 0 Å². The summed E-state index contributed by atoms with van der Waals surface area (Å²) in [6, 6.07) is 11.2. The van der Waals surface area contributed by atoms with Crippen LogP contribution in [0.15, 0.2) is 58.5 Å². The van der Waals surface area contributed by atoms with E-state index < -0.39 is 17.6 Å². The molecule has 22 heavy (non-hydrogen) atoms. The van der Waals surface area contributed by atoms with Crippen LogP contribution in [0.2, 0.25) is 0 Å². The molecule has 0 spiro atoms. The number of halogens is 2. The first kappa shape index (κ1) is 14.6. The van der Waals surface area contributed by atoms with E-state index in [9.17, 15) is 18.7 Å². The van der Waals surface area contributed by atoms with E-state index in [2.05, 4.69) is 0 Å². The molecule has 0 fully saturated rings. The summed E-state index contributed by atoms with van der Waals surface area (Å²) >= 11 is 1.14. The lowest BCUT2D eigenvalue weighted by atomic mass is 10.1. The molecule has 3 nitrogen and oxygen atoms in total. The highest BCUT2D eigenvalue weighted by molar-refractivity contribution is 8.04. The molecule has 0 atom stereocenters. The van der Waals surface area contributed by atoms with Gasteiger partial charge in [-0.3, -0.25) is 0 Å². The topological polar surface area (TPSA) is 40.5 Å². The summed E-state index contributed by atoms with van der Waals surface area (Å²) in [5.74, 6) is -2.88. The van der Waals surface area contributed by atoms with Gasteiger partial charge in [-0.05, 0) is 18.2 Å². The Balaban J connectivity index is 2.01. The number of hydrogen-bond acceptors (Lipinski definition) is 3. The first-order valence-electron chi connectivity index (χ1n) is 6.48. The minimum atomic E-state index is -1.05. The van der Waals surface area contributed by atoms with E-state index in [0.717, 1.165) is 28.4 Å². The SMILES string of the molecule is O=C(O)C1=CN(Cc2cccc(F)c2F)c2ccccc2S1. The first-order valence-corrected chi connectivity index (χ1v) is 7.29. The van der Waals surface area contributed by atoms with E-state index in [4.69, 9.17) is 0 Å². The quantitative estimate of drug-likeness (QED) is 0.928. The van der Waals surface area contributed by atoms with Gasteiger partial charge < -0.3 is 10.0 Å². The number of carboxylic acids is 1. The second-order valence-electron chi connectivity index (χ2n) is 4.71. The van der Waals surface area contributed by atoms with E-state index in [0.29, 0.717) is 0 Å². The Hall–Kier alpha value is -2.34. The summed E-state index contributed by atoms with van der Waals surface area (Å²) in [6.07, 6.45) is 1.44. The summed E-state index contributed by atoms with van der Waals surface area (Å²) in [4.78, 5) is 13.7. The van der Waals surface area contributed by atoms with Crippen molar-refractivity contribution in [3.05, 3.63) is 70.8 Å². The van der Waals surface area contributed by atoms with Gasteiger partial charge in [0.25, 0.3) is 0 Å². The van der Waals surface area contributed by atoms with Crippen LogP contribution in [0.25, 0.3) is 0 Å². The Morgan fingerprint density at radius 2 is 1.91 bits per heavy atom. The number of nitrogens with zero attached hydrogens (tertiary/aromatic N) is 1. The van der Waals surface area contributed by atoms with Gasteiger partial charge >= 0.3 is 5.97 Å². The van der Waals surface area contributed by atoms with Crippen molar-refractivity contribution >= 4 is 23.4 Å². The van der Waals surface area contributed by atoms with Crippen molar-refractivity contribution < 1.29 is 18.7 Å². The average molecular weight is 319 g/mol. The highest BCUT2D eigenvalue weighted by Crippen LogP contribution is 2.40. The Morgan fingerprint density at radius 1 is 1.14 bits per heavy atom. The second-order valence-corrected chi connectivity index (χ2v) is 5.79. The summed E-state index contributed by atoms with van der Waals surface area (Å²) in [6.45, 7) is 0.0535. The van der Waals surface area contributed by atoms with E-state index in [1.54, 1.807) is 17.0 Å². The lowest BCUT2D eigenvalue weighted by Gasteiger charge is -2.28. The standard InChI is InChI=1S/C16H11F2NO2S/c17-11-5-3-4-10(15(11)18)8-19-9-14(16(20)21)22-13-7-2-1-6-12(13)19/h1-7,9H,8H2,(H,20,21). The molecule has 1 heterocycles. The molecule has 3 rings (SSSR count). The van der Waals surface area contributed by atoms with Gasteiger partial charge in [0, 0.05) is 16.7 Å². The molecule has 0 bridgehead atoms. The molecule has 0 radical (unpaired) electrons. The molecule has 1 N–H and O–H groups in total. The molecular formula is C16H11F2NO2S. The van der Waals surface area contributed by atoms with Gasteiger partial charge in [0.2, 0.25) is 0 Å². The zero-order valence-electron chi connectivity index (χ0n) is 11.3. The number of rotatable bonds is 3. The number of carboxylic acid groups (broad SMARTS) is 1. The molecule has 1 aliphatic heterocycles. The number of aliphatic carboxylic acids is 1. The van der Waals surface area contributed by atoms with Gasteiger partial charge in [0.15, 0.2) is 11.6 Å². The van der Waals surface area contributed by atoms with Crippen LogP contribution in [-0.4, -0.2) is 11.1 Å². The van der Waals surface area contributed by atoms with Gasteiger partial charge in [-0.1, -0.05) is 36.0 Å². The number of thioether (sulfide) groups is 1. The predicted molar refractivity (Wildman–Crippen MR) is 80.6 cm³/mol. The van der Waals surface area contributed by atoms with Crippen molar-refractivity contribution in [2.45, 2.75) is 11.4 Å². The number of para-hydroxylation sites is 1. The molecule has 2 aromatic carbocycles. The molecule has 0 amide bonds. The molecule has 0 aliphatic carbocycles. The maximum Gasteiger partial charge on any atom is 0.344 e. The van der Waals surface area contributed by atoms with E-state index in [-0.39, 0.29) is 17.0 Å². The van der Waals surface area contributed by atoms with Crippen LogP contribution in [0.4, 0.5) is 14.5 Å². The molecule has 0 saturated heterocycles. The van der Waals surface area contributed by atoms with Crippen LogP contribution in [0.3, 0.4) is 0 Å². The van der Waals surface area contributed by atoms with E-state index in [1.165, 1.54) is 18.3 Å². The van der Waals surface area contributed by atoms with Crippen LogP contribution in [0, 0.1) is 11.6 Å². The maximum atomic E-state index is 13.8. The normalized spacial score (nSPS) is 13.5. The minimum absolute atomic E-state index is 0.0535. The Labute approximate surface area is 129 Å². The van der Waals surface area contributed by atoms with Crippen LogP contribution in [0.1, 0.15) is 5.56 Å². The fourth-order valence-corrected chi connectivity index (χ4v) is 3.16. The average Bonchev–Trinajstić information content (AvgIpc) is 2.51. The number of carbonyl (C=O) groups is 1. The number of fused-ring (bicyclic) bond motifs is 1. The summed E-state index contributed by atoms with van der Waals surface area (Å²) in [7, 11) is 0. The smallest absolute Gasteiger partial charge is 0.344 e.